The van der Waals surface area contributed by atoms with Gasteiger partial charge in [0.2, 0.25) is 0 Å². The van der Waals surface area contributed by atoms with Gasteiger partial charge in [-0.05, 0) is 49.2 Å². The summed E-state index contributed by atoms with van der Waals surface area (Å²) in [5, 5.41) is 2.77. The number of carbonyl (C=O) groups excluding carboxylic acids is 1. The molecular formula is C18H20N2O3. The number of amides is 1. The van der Waals surface area contributed by atoms with Gasteiger partial charge in [0.1, 0.15) is 5.82 Å². The van der Waals surface area contributed by atoms with Gasteiger partial charge in [0.05, 0.1) is 14.2 Å². The summed E-state index contributed by atoms with van der Waals surface area (Å²) in [6.07, 6.45) is 3.49. The number of anilines is 1. The van der Waals surface area contributed by atoms with Crippen molar-refractivity contribution in [2.75, 3.05) is 19.5 Å². The van der Waals surface area contributed by atoms with Gasteiger partial charge in [-0.2, -0.15) is 0 Å². The van der Waals surface area contributed by atoms with Crippen LogP contribution in [0, 0.1) is 6.92 Å². The Bertz CT molecular complexity index is 722. The summed E-state index contributed by atoms with van der Waals surface area (Å²) in [5.41, 5.74) is 2.47. The molecule has 0 saturated carbocycles. The Hall–Kier alpha value is -2.82. The first kappa shape index (κ1) is 16.5. The van der Waals surface area contributed by atoms with Crippen LogP contribution in [0.15, 0.2) is 42.1 Å². The fourth-order valence-corrected chi connectivity index (χ4v) is 2.01. The predicted molar refractivity (Wildman–Crippen MR) is 90.8 cm³/mol. The zero-order valence-electron chi connectivity index (χ0n) is 13.7. The lowest BCUT2D eigenvalue weighted by Gasteiger charge is -2.09. The highest BCUT2D eigenvalue weighted by molar-refractivity contribution is 6.05. The second-order valence-corrected chi connectivity index (χ2v) is 5.12. The molecule has 0 unspecified atom stereocenters. The maximum Gasteiger partial charge on any atom is 0.252 e. The molecule has 0 aliphatic carbocycles. The van der Waals surface area contributed by atoms with Gasteiger partial charge in [-0.25, -0.2) is 4.98 Å². The van der Waals surface area contributed by atoms with E-state index in [9.17, 15) is 4.79 Å². The number of nitrogens with one attached hydrogen (secondary N) is 1. The summed E-state index contributed by atoms with van der Waals surface area (Å²) in [4.78, 5) is 16.4. The van der Waals surface area contributed by atoms with E-state index in [1.807, 2.05) is 25.1 Å². The summed E-state index contributed by atoms with van der Waals surface area (Å²) in [6, 6.07) is 9.16. The molecule has 1 amide bonds. The molecule has 0 bridgehead atoms. The summed E-state index contributed by atoms with van der Waals surface area (Å²) < 4.78 is 10.5. The first-order valence-corrected chi connectivity index (χ1v) is 7.18. The smallest absolute Gasteiger partial charge is 0.252 e. The Balaban J connectivity index is 2.15. The Kier molecular flexibility index (Phi) is 5.36. The molecule has 0 atom stereocenters. The molecule has 5 heteroatoms. The van der Waals surface area contributed by atoms with Crippen molar-refractivity contribution < 1.29 is 14.3 Å². The normalized spacial score (nSPS) is 11.0. The van der Waals surface area contributed by atoms with Crippen LogP contribution in [-0.4, -0.2) is 25.1 Å². The fourth-order valence-electron chi connectivity index (χ4n) is 2.01. The third-order valence-corrected chi connectivity index (χ3v) is 3.30. The molecule has 120 valence electrons. The molecule has 0 saturated heterocycles. The van der Waals surface area contributed by atoms with Crippen LogP contribution >= 0.6 is 0 Å². The number of hydrogen-bond acceptors (Lipinski definition) is 4. The van der Waals surface area contributed by atoms with Crippen molar-refractivity contribution in [3.63, 3.8) is 0 Å². The Labute approximate surface area is 136 Å². The lowest BCUT2D eigenvalue weighted by Crippen LogP contribution is -2.13. The minimum atomic E-state index is -0.198. The number of pyridine rings is 1. The second-order valence-electron chi connectivity index (χ2n) is 5.12. The molecule has 0 spiro atoms. The number of hydrogen-bond donors (Lipinski definition) is 1. The van der Waals surface area contributed by atoms with Crippen molar-refractivity contribution in [1.82, 2.24) is 4.98 Å². The summed E-state index contributed by atoms with van der Waals surface area (Å²) >= 11 is 0. The van der Waals surface area contributed by atoms with Gasteiger partial charge in [0, 0.05) is 11.8 Å². The van der Waals surface area contributed by atoms with Crippen molar-refractivity contribution in [2.45, 2.75) is 13.8 Å². The maximum atomic E-state index is 12.2. The van der Waals surface area contributed by atoms with Crippen LogP contribution in [0.2, 0.25) is 0 Å². The number of carbonyl (C=O) groups is 1. The van der Waals surface area contributed by atoms with E-state index in [-0.39, 0.29) is 5.91 Å². The number of rotatable bonds is 5. The van der Waals surface area contributed by atoms with E-state index < -0.39 is 0 Å². The molecule has 0 radical (unpaired) electrons. The molecule has 0 fully saturated rings. The molecule has 0 aliphatic rings. The molecular weight excluding hydrogens is 292 g/mol. The van der Waals surface area contributed by atoms with E-state index in [0.29, 0.717) is 22.9 Å². The molecule has 0 aliphatic heterocycles. The van der Waals surface area contributed by atoms with Crippen LogP contribution in [0.4, 0.5) is 5.82 Å². The van der Waals surface area contributed by atoms with Crippen LogP contribution in [0.25, 0.3) is 6.08 Å². The minimum Gasteiger partial charge on any atom is -0.493 e. The van der Waals surface area contributed by atoms with E-state index in [0.717, 1.165) is 11.1 Å². The highest BCUT2D eigenvalue weighted by atomic mass is 16.5. The van der Waals surface area contributed by atoms with Gasteiger partial charge in [-0.3, -0.25) is 4.79 Å². The first-order valence-electron chi connectivity index (χ1n) is 7.18. The number of nitrogens with zero attached hydrogens (tertiary/aromatic N) is 1. The molecule has 2 rings (SSSR count). The molecule has 2 aromatic rings. The van der Waals surface area contributed by atoms with Gasteiger partial charge < -0.3 is 14.8 Å². The average molecular weight is 312 g/mol. The van der Waals surface area contributed by atoms with E-state index in [1.165, 1.54) is 0 Å². The van der Waals surface area contributed by atoms with Crippen molar-refractivity contribution >= 4 is 17.8 Å². The zero-order valence-corrected chi connectivity index (χ0v) is 13.7. The van der Waals surface area contributed by atoms with Crippen molar-refractivity contribution in [1.29, 1.82) is 0 Å². The number of ether oxygens (including phenoxy) is 2. The number of methoxy groups -OCH3 is 2. The maximum absolute atomic E-state index is 12.2. The van der Waals surface area contributed by atoms with Crippen LogP contribution in [0.1, 0.15) is 18.1 Å². The highest BCUT2D eigenvalue weighted by Crippen LogP contribution is 2.28. The quantitative estimate of drug-likeness (QED) is 0.859. The fraction of sp³-hybridized carbons (Fsp3) is 0.222. The van der Waals surface area contributed by atoms with E-state index >= 15 is 0 Å². The second kappa shape index (κ2) is 7.45. The number of aromatic nitrogens is 1. The Morgan fingerprint density at radius 3 is 2.48 bits per heavy atom. The van der Waals surface area contributed by atoms with Gasteiger partial charge in [0.25, 0.3) is 5.91 Å². The van der Waals surface area contributed by atoms with Gasteiger partial charge >= 0.3 is 0 Å². The van der Waals surface area contributed by atoms with Gasteiger partial charge in [-0.15, -0.1) is 0 Å². The molecule has 23 heavy (non-hydrogen) atoms. The van der Waals surface area contributed by atoms with Crippen LogP contribution in [-0.2, 0) is 4.79 Å². The third kappa shape index (κ3) is 4.32. The largest absolute Gasteiger partial charge is 0.493 e. The van der Waals surface area contributed by atoms with Gasteiger partial charge in [-0.1, -0.05) is 12.1 Å². The topological polar surface area (TPSA) is 60.5 Å². The monoisotopic (exact) mass is 312 g/mol. The predicted octanol–water partition coefficient (Wildman–Crippen LogP) is 3.45. The number of aryl methyl sites for hydroxylation is 1. The summed E-state index contributed by atoms with van der Waals surface area (Å²) in [5.74, 6) is 1.60. The van der Waals surface area contributed by atoms with Crippen molar-refractivity contribution in [2.24, 2.45) is 0 Å². The summed E-state index contributed by atoms with van der Waals surface area (Å²) in [7, 11) is 3.16. The Morgan fingerprint density at radius 2 is 1.87 bits per heavy atom. The standard InChI is InChI=1S/C18H20N2O3/c1-12-5-8-17(19-11-12)20-18(21)13(2)9-14-6-7-15(22-3)16(10-14)23-4/h5-11H,1-4H3,(H,19,20,21)/b13-9+. The van der Waals surface area contributed by atoms with E-state index in [1.54, 1.807) is 45.5 Å². The van der Waals surface area contributed by atoms with Crippen molar-refractivity contribution in [3.8, 4) is 11.5 Å². The lowest BCUT2D eigenvalue weighted by atomic mass is 10.1. The van der Waals surface area contributed by atoms with E-state index in [4.69, 9.17) is 9.47 Å². The van der Waals surface area contributed by atoms with Crippen LogP contribution in [0.5, 0.6) is 11.5 Å². The average Bonchev–Trinajstić information content (AvgIpc) is 2.56. The van der Waals surface area contributed by atoms with E-state index in [2.05, 4.69) is 10.3 Å². The number of benzene rings is 1. The minimum absolute atomic E-state index is 0.198. The Morgan fingerprint density at radius 1 is 1.13 bits per heavy atom. The zero-order chi connectivity index (χ0) is 16.8. The van der Waals surface area contributed by atoms with Crippen LogP contribution < -0.4 is 14.8 Å². The molecule has 5 nitrogen and oxygen atoms in total. The van der Waals surface area contributed by atoms with Crippen molar-refractivity contribution in [3.05, 3.63) is 53.2 Å². The highest BCUT2D eigenvalue weighted by Gasteiger charge is 2.08. The first-order chi connectivity index (χ1) is 11.0. The summed E-state index contributed by atoms with van der Waals surface area (Å²) in [6.45, 7) is 3.70. The molecule has 1 aromatic heterocycles. The van der Waals surface area contributed by atoms with Gasteiger partial charge in [0.15, 0.2) is 11.5 Å². The SMILES string of the molecule is COc1ccc(/C=C(\C)C(=O)Nc2ccc(C)cn2)cc1OC. The molecule has 1 heterocycles. The van der Waals surface area contributed by atoms with Crippen LogP contribution in [0.3, 0.4) is 0 Å². The molecule has 1 N–H and O–H groups in total. The lowest BCUT2D eigenvalue weighted by molar-refractivity contribution is -0.112. The third-order valence-electron chi connectivity index (χ3n) is 3.30. The molecule has 1 aromatic carbocycles.